The van der Waals surface area contributed by atoms with E-state index < -0.39 is 0 Å². The minimum Gasteiger partial charge on any atom is -0.361 e. The average Bonchev–Trinajstić information content (AvgIpc) is 3.11. The molecule has 0 aliphatic carbocycles. The number of hydrogen-bond acceptors (Lipinski definition) is 2. The molecule has 5 nitrogen and oxygen atoms in total. The second-order valence-electron chi connectivity index (χ2n) is 5.18. The lowest BCUT2D eigenvalue weighted by Crippen LogP contribution is -2.14. The van der Waals surface area contributed by atoms with Crippen molar-refractivity contribution in [1.82, 2.24) is 14.4 Å². The van der Waals surface area contributed by atoms with Gasteiger partial charge < -0.3 is 14.7 Å². The lowest BCUT2D eigenvalue weighted by molar-refractivity contribution is -0.115. The third-order valence-corrected chi connectivity index (χ3v) is 3.66. The molecule has 0 radical (unpaired) electrons. The number of fused-ring (bicyclic) bond motifs is 2. The number of amides is 1. The number of carbonyl (C=O) groups excluding carboxylic acids is 1. The molecule has 0 saturated carbocycles. The van der Waals surface area contributed by atoms with E-state index in [1.54, 1.807) is 0 Å². The zero-order valence-electron chi connectivity index (χ0n) is 11.8. The van der Waals surface area contributed by atoms with Gasteiger partial charge in [0.2, 0.25) is 5.91 Å². The van der Waals surface area contributed by atoms with Crippen molar-refractivity contribution < 1.29 is 4.79 Å². The molecule has 4 rings (SSSR count). The third-order valence-electron chi connectivity index (χ3n) is 3.66. The van der Waals surface area contributed by atoms with E-state index in [1.807, 2.05) is 65.5 Å². The highest BCUT2D eigenvalue weighted by atomic mass is 16.1. The van der Waals surface area contributed by atoms with Crippen molar-refractivity contribution in [3.63, 3.8) is 0 Å². The van der Waals surface area contributed by atoms with Crippen molar-refractivity contribution in [1.29, 1.82) is 0 Å². The maximum absolute atomic E-state index is 12.2. The van der Waals surface area contributed by atoms with Crippen molar-refractivity contribution in [2.45, 2.75) is 6.42 Å². The van der Waals surface area contributed by atoms with E-state index in [4.69, 9.17) is 0 Å². The van der Waals surface area contributed by atoms with Gasteiger partial charge in [0.15, 0.2) is 5.82 Å². The minimum atomic E-state index is -0.0758. The van der Waals surface area contributed by atoms with E-state index in [0.717, 1.165) is 22.1 Å². The number of benzene rings is 1. The Balaban J connectivity index is 1.55. The lowest BCUT2D eigenvalue weighted by Gasteiger charge is -2.00. The summed E-state index contributed by atoms with van der Waals surface area (Å²) >= 11 is 0. The maximum atomic E-state index is 12.2. The first-order chi connectivity index (χ1) is 10.8. The minimum absolute atomic E-state index is 0.0758. The quantitative estimate of drug-likeness (QED) is 0.609. The van der Waals surface area contributed by atoms with Gasteiger partial charge in [-0.05, 0) is 23.8 Å². The van der Waals surface area contributed by atoms with Crippen LogP contribution in [0.4, 0.5) is 5.82 Å². The first-order valence-electron chi connectivity index (χ1n) is 7.08. The standard InChI is InChI=1S/C17H14N4O/c22-17(9-12-10-18-14-6-2-1-5-13(12)14)20-15-11-21-8-4-3-7-16(21)19-15/h1-8,10-11,18H,9H2,(H,20,22). The van der Waals surface area contributed by atoms with Gasteiger partial charge in [0.1, 0.15) is 5.65 Å². The van der Waals surface area contributed by atoms with Crippen LogP contribution in [0, 0.1) is 0 Å². The van der Waals surface area contributed by atoms with Crippen molar-refractivity contribution in [3.05, 3.63) is 66.6 Å². The van der Waals surface area contributed by atoms with Gasteiger partial charge in [-0.2, -0.15) is 0 Å². The van der Waals surface area contributed by atoms with E-state index in [0.29, 0.717) is 12.2 Å². The molecule has 0 fully saturated rings. The Bertz CT molecular complexity index is 934. The molecule has 0 aliphatic heterocycles. The highest BCUT2D eigenvalue weighted by Crippen LogP contribution is 2.18. The smallest absolute Gasteiger partial charge is 0.230 e. The Kier molecular flexibility index (Phi) is 2.89. The van der Waals surface area contributed by atoms with Crippen molar-refractivity contribution >= 4 is 28.3 Å². The first-order valence-corrected chi connectivity index (χ1v) is 7.08. The highest BCUT2D eigenvalue weighted by molar-refractivity contribution is 5.95. The van der Waals surface area contributed by atoms with E-state index in [-0.39, 0.29) is 5.91 Å². The first kappa shape index (κ1) is 12.6. The molecule has 0 unspecified atom stereocenters. The topological polar surface area (TPSA) is 62.2 Å². The van der Waals surface area contributed by atoms with Gasteiger partial charge in [-0.15, -0.1) is 0 Å². The Morgan fingerprint density at radius 3 is 2.95 bits per heavy atom. The number of hydrogen-bond donors (Lipinski definition) is 2. The number of aromatic nitrogens is 3. The molecule has 0 bridgehead atoms. The molecule has 0 atom stereocenters. The average molecular weight is 290 g/mol. The molecule has 4 aromatic rings. The Morgan fingerprint density at radius 2 is 2.05 bits per heavy atom. The fourth-order valence-electron chi connectivity index (χ4n) is 2.63. The van der Waals surface area contributed by atoms with Crippen LogP contribution in [0.3, 0.4) is 0 Å². The summed E-state index contributed by atoms with van der Waals surface area (Å²) < 4.78 is 1.88. The van der Waals surface area contributed by atoms with Crippen LogP contribution in [-0.4, -0.2) is 20.3 Å². The molecule has 1 amide bonds. The fraction of sp³-hybridized carbons (Fsp3) is 0.0588. The van der Waals surface area contributed by atoms with E-state index in [2.05, 4.69) is 15.3 Å². The normalized spacial score (nSPS) is 11.1. The monoisotopic (exact) mass is 290 g/mol. The van der Waals surface area contributed by atoms with Crippen molar-refractivity contribution in [2.75, 3.05) is 5.32 Å². The van der Waals surface area contributed by atoms with Gasteiger partial charge in [-0.3, -0.25) is 4.79 Å². The molecule has 22 heavy (non-hydrogen) atoms. The molecule has 108 valence electrons. The van der Waals surface area contributed by atoms with E-state index >= 15 is 0 Å². The molecular weight excluding hydrogens is 276 g/mol. The summed E-state index contributed by atoms with van der Waals surface area (Å²) in [6.45, 7) is 0. The molecule has 1 aromatic carbocycles. The number of imidazole rings is 1. The molecule has 0 saturated heterocycles. The zero-order chi connectivity index (χ0) is 14.9. The maximum Gasteiger partial charge on any atom is 0.230 e. The molecule has 5 heteroatoms. The number of carbonyl (C=O) groups is 1. The number of nitrogens with one attached hydrogen (secondary N) is 2. The summed E-state index contributed by atoms with van der Waals surface area (Å²) in [5.41, 5.74) is 2.83. The van der Waals surface area contributed by atoms with Gasteiger partial charge in [0, 0.05) is 23.3 Å². The molecule has 2 N–H and O–H groups in total. The molecule has 3 heterocycles. The van der Waals surface area contributed by atoms with Crippen LogP contribution in [0.1, 0.15) is 5.56 Å². The lowest BCUT2D eigenvalue weighted by atomic mass is 10.1. The van der Waals surface area contributed by atoms with Gasteiger partial charge in [0.05, 0.1) is 12.6 Å². The van der Waals surface area contributed by atoms with Crippen LogP contribution < -0.4 is 5.32 Å². The molecule has 0 aliphatic rings. The summed E-state index contributed by atoms with van der Waals surface area (Å²) in [6.07, 6.45) is 5.91. The number of para-hydroxylation sites is 1. The number of rotatable bonds is 3. The Labute approximate surface area is 126 Å². The van der Waals surface area contributed by atoms with Crippen LogP contribution >= 0.6 is 0 Å². The second kappa shape index (κ2) is 5.04. The van der Waals surface area contributed by atoms with Gasteiger partial charge >= 0.3 is 0 Å². The Hall–Kier alpha value is -3.08. The summed E-state index contributed by atoms with van der Waals surface area (Å²) in [4.78, 5) is 19.8. The van der Waals surface area contributed by atoms with Crippen LogP contribution in [0.2, 0.25) is 0 Å². The predicted octanol–water partition coefficient (Wildman–Crippen LogP) is 3.00. The summed E-state index contributed by atoms with van der Waals surface area (Å²) in [5, 5.41) is 3.93. The fourth-order valence-corrected chi connectivity index (χ4v) is 2.63. The molecule has 0 spiro atoms. The van der Waals surface area contributed by atoms with Crippen LogP contribution in [-0.2, 0) is 11.2 Å². The van der Waals surface area contributed by atoms with Gasteiger partial charge in [0.25, 0.3) is 0 Å². The van der Waals surface area contributed by atoms with Gasteiger partial charge in [-0.25, -0.2) is 4.98 Å². The Morgan fingerprint density at radius 1 is 1.18 bits per heavy atom. The largest absolute Gasteiger partial charge is 0.361 e. The molecular formula is C17H14N4O. The zero-order valence-corrected chi connectivity index (χ0v) is 11.8. The highest BCUT2D eigenvalue weighted by Gasteiger charge is 2.10. The second-order valence-corrected chi connectivity index (χ2v) is 5.18. The van der Waals surface area contributed by atoms with Crippen LogP contribution in [0.25, 0.3) is 16.6 Å². The molecule has 3 aromatic heterocycles. The number of H-pyrrole nitrogens is 1. The van der Waals surface area contributed by atoms with Gasteiger partial charge in [-0.1, -0.05) is 24.3 Å². The number of anilines is 1. The summed E-state index contributed by atoms with van der Waals surface area (Å²) in [6, 6.07) is 13.7. The van der Waals surface area contributed by atoms with E-state index in [1.165, 1.54) is 0 Å². The van der Waals surface area contributed by atoms with Crippen molar-refractivity contribution in [2.24, 2.45) is 0 Å². The summed E-state index contributed by atoms with van der Waals surface area (Å²) in [7, 11) is 0. The van der Waals surface area contributed by atoms with Crippen LogP contribution in [0.15, 0.2) is 61.1 Å². The third kappa shape index (κ3) is 2.22. The van der Waals surface area contributed by atoms with E-state index in [9.17, 15) is 4.79 Å². The van der Waals surface area contributed by atoms with Crippen LogP contribution in [0.5, 0.6) is 0 Å². The number of nitrogens with zero attached hydrogens (tertiary/aromatic N) is 2. The predicted molar refractivity (Wildman–Crippen MR) is 85.8 cm³/mol. The SMILES string of the molecule is O=C(Cc1c[nH]c2ccccc12)Nc1cn2ccccc2n1. The van der Waals surface area contributed by atoms with Crippen molar-refractivity contribution in [3.8, 4) is 0 Å². The number of pyridine rings is 1. The number of aromatic amines is 1. The summed E-state index contributed by atoms with van der Waals surface area (Å²) in [5.74, 6) is 0.490.